The number of carboxylic acids is 1. The molecule has 1 heterocycles. The van der Waals surface area contributed by atoms with Crippen LogP contribution in [-0.4, -0.2) is 27.6 Å². The molecule has 1 aliphatic rings. The minimum atomic E-state index is -4.44. The molecular weight excluding hydrogens is 349 g/mol. The van der Waals surface area contributed by atoms with Gasteiger partial charge in [0, 0.05) is 17.7 Å². The Bertz CT molecular complexity index is 835. The molecule has 0 radical (unpaired) electrons. The number of aliphatic carboxylic acids is 1. The molecule has 138 valence electrons. The molecular formula is C17H17F3N4O2. The van der Waals surface area contributed by atoms with Crippen LogP contribution in [0.25, 0.3) is 0 Å². The molecule has 0 spiro atoms. The van der Waals surface area contributed by atoms with Crippen molar-refractivity contribution < 1.29 is 23.1 Å². The van der Waals surface area contributed by atoms with Gasteiger partial charge in [0.1, 0.15) is 12.4 Å². The van der Waals surface area contributed by atoms with Crippen LogP contribution in [0.5, 0.6) is 0 Å². The molecule has 0 unspecified atom stereocenters. The summed E-state index contributed by atoms with van der Waals surface area (Å²) >= 11 is 0. The van der Waals surface area contributed by atoms with E-state index in [1.165, 1.54) is 19.1 Å². The van der Waals surface area contributed by atoms with Crippen molar-refractivity contribution in [3.8, 4) is 0 Å². The van der Waals surface area contributed by atoms with Crippen molar-refractivity contribution in [2.24, 2.45) is 0 Å². The maximum Gasteiger partial charge on any atom is 0.416 e. The van der Waals surface area contributed by atoms with Gasteiger partial charge in [-0.25, -0.2) is 4.98 Å². The van der Waals surface area contributed by atoms with Crippen molar-refractivity contribution in [2.75, 3.05) is 17.2 Å². The molecule has 1 aromatic heterocycles. The minimum absolute atomic E-state index is 0.0617. The van der Waals surface area contributed by atoms with E-state index >= 15 is 0 Å². The summed E-state index contributed by atoms with van der Waals surface area (Å²) in [5.74, 6) is -0.346. The number of carbonyl (C=O) groups is 1. The summed E-state index contributed by atoms with van der Waals surface area (Å²) in [4.78, 5) is 19.2. The maximum atomic E-state index is 13.1. The lowest BCUT2D eigenvalue weighted by atomic mass is 10.1. The first kappa shape index (κ1) is 18.0. The molecule has 2 aromatic rings. The highest BCUT2D eigenvalue weighted by atomic mass is 19.4. The van der Waals surface area contributed by atoms with Crippen LogP contribution in [0.3, 0.4) is 0 Å². The highest BCUT2D eigenvalue weighted by Gasteiger charge is 2.33. The standard InChI is InChI=1S/C17H17F3N4O2/c1-9-11(17(18,19)20)3-2-4-12(9)22-14-7-13(10-5-6-10)23-16(24-14)21-8-15(25)26/h2-4,7,10H,5-6,8H2,1H3,(H,25,26)(H2,21,22,23,24). The van der Waals surface area contributed by atoms with Gasteiger partial charge >= 0.3 is 12.1 Å². The first-order valence-corrected chi connectivity index (χ1v) is 8.02. The second-order valence-corrected chi connectivity index (χ2v) is 6.12. The number of nitrogens with one attached hydrogen (secondary N) is 2. The summed E-state index contributed by atoms with van der Waals surface area (Å²) in [5, 5.41) is 14.3. The summed E-state index contributed by atoms with van der Waals surface area (Å²) in [5.41, 5.74) is 0.360. The van der Waals surface area contributed by atoms with Gasteiger partial charge in [0.25, 0.3) is 0 Å². The molecule has 0 aliphatic heterocycles. The number of carboxylic acid groups (broad SMARTS) is 1. The molecule has 6 nitrogen and oxygen atoms in total. The zero-order chi connectivity index (χ0) is 18.9. The van der Waals surface area contributed by atoms with Crippen molar-refractivity contribution in [1.82, 2.24) is 9.97 Å². The summed E-state index contributed by atoms with van der Waals surface area (Å²) < 4.78 is 39.2. The number of hydrogen-bond donors (Lipinski definition) is 3. The monoisotopic (exact) mass is 366 g/mol. The average Bonchev–Trinajstić information content (AvgIpc) is 3.38. The molecule has 3 N–H and O–H groups in total. The van der Waals surface area contributed by atoms with Crippen LogP contribution >= 0.6 is 0 Å². The number of nitrogens with zero attached hydrogens (tertiary/aromatic N) is 2. The Morgan fingerprint density at radius 2 is 2.04 bits per heavy atom. The van der Waals surface area contributed by atoms with E-state index in [0.717, 1.165) is 24.6 Å². The van der Waals surface area contributed by atoms with E-state index in [0.29, 0.717) is 5.82 Å². The van der Waals surface area contributed by atoms with Crippen LogP contribution in [0.15, 0.2) is 24.3 Å². The second kappa shape index (κ2) is 6.81. The van der Waals surface area contributed by atoms with E-state index in [1.807, 2.05) is 0 Å². The van der Waals surface area contributed by atoms with Gasteiger partial charge in [-0.2, -0.15) is 18.2 Å². The van der Waals surface area contributed by atoms with Gasteiger partial charge < -0.3 is 15.7 Å². The third-order valence-electron chi connectivity index (χ3n) is 4.04. The van der Waals surface area contributed by atoms with Crippen LogP contribution in [0.1, 0.15) is 35.6 Å². The van der Waals surface area contributed by atoms with Crippen molar-refractivity contribution in [3.05, 3.63) is 41.1 Å². The SMILES string of the molecule is Cc1c(Nc2cc(C3CC3)nc(NCC(=O)O)n2)cccc1C(F)(F)F. The Balaban J connectivity index is 1.90. The summed E-state index contributed by atoms with van der Waals surface area (Å²) in [6.07, 6.45) is -2.50. The Hall–Kier alpha value is -2.84. The quantitative estimate of drug-likeness (QED) is 0.718. The highest BCUT2D eigenvalue weighted by molar-refractivity contribution is 5.72. The lowest BCUT2D eigenvalue weighted by molar-refractivity contribution is -0.138. The van der Waals surface area contributed by atoms with Gasteiger partial charge in [-0.3, -0.25) is 4.79 Å². The predicted molar refractivity (Wildman–Crippen MR) is 89.6 cm³/mol. The van der Waals surface area contributed by atoms with Crippen molar-refractivity contribution in [1.29, 1.82) is 0 Å². The zero-order valence-electron chi connectivity index (χ0n) is 13.9. The Morgan fingerprint density at radius 3 is 2.65 bits per heavy atom. The number of hydrogen-bond acceptors (Lipinski definition) is 5. The lowest BCUT2D eigenvalue weighted by Crippen LogP contribution is -2.15. The smallest absolute Gasteiger partial charge is 0.416 e. The number of anilines is 3. The molecule has 0 bridgehead atoms. The maximum absolute atomic E-state index is 13.1. The zero-order valence-corrected chi connectivity index (χ0v) is 13.9. The van der Waals surface area contributed by atoms with E-state index in [9.17, 15) is 18.0 Å². The Morgan fingerprint density at radius 1 is 1.31 bits per heavy atom. The molecule has 0 atom stereocenters. The summed E-state index contributed by atoms with van der Waals surface area (Å²) in [7, 11) is 0. The van der Waals surface area contributed by atoms with Gasteiger partial charge in [0.2, 0.25) is 5.95 Å². The van der Waals surface area contributed by atoms with Crippen LogP contribution < -0.4 is 10.6 Å². The van der Waals surface area contributed by atoms with Crippen molar-refractivity contribution in [3.63, 3.8) is 0 Å². The fraction of sp³-hybridized carbons (Fsp3) is 0.353. The Labute approximate surface area is 147 Å². The van der Waals surface area contributed by atoms with Crippen LogP contribution in [0, 0.1) is 6.92 Å². The molecule has 3 rings (SSSR count). The highest BCUT2D eigenvalue weighted by Crippen LogP contribution is 2.40. The molecule has 1 saturated carbocycles. The second-order valence-electron chi connectivity index (χ2n) is 6.12. The molecule has 0 saturated heterocycles. The molecule has 0 amide bonds. The van der Waals surface area contributed by atoms with Gasteiger partial charge in [-0.15, -0.1) is 0 Å². The Kier molecular flexibility index (Phi) is 4.71. The number of alkyl halides is 3. The van der Waals surface area contributed by atoms with Crippen LogP contribution in [0.4, 0.5) is 30.6 Å². The normalized spacial score (nSPS) is 14.2. The van der Waals surface area contributed by atoms with Gasteiger partial charge in [-0.1, -0.05) is 6.07 Å². The molecule has 1 fully saturated rings. The fourth-order valence-electron chi connectivity index (χ4n) is 2.57. The lowest BCUT2D eigenvalue weighted by Gasteiger charge is -2.16. The summed E-state index contributed by atoms with van der Waals surface area (Å²) in [6.45, 7) is 1.04. The van der Waals surface area contributed by atoms with Gasteiger partial charge in [0.15, 0.2) is 0 Å². The topological polar surface area (TPSA) is 87.1 Å². The average molecular weight is 366 g/mol. The largest absolute Gasteiger partial charge is 0.480 e. The van der Waals surface area contributed by atoms with E-state index in [-0.39, 0.29) is 29.7 Å². The molecule has 9 heteroatoms. The molecule has 26 heavy (non-hydrogen) atoms. The van der Waals surface area contributed by atoms with Crippen molar-refractivity contribution >= 4 is 23.4 Å². The molecule has 1 aliphatic carbocycles. The minimum Gasteiger partial charge on any atom is -0.480 e. The first-order valence-electron chi connectivity index (χ1n) is 8.02. The van der Waals surface area contributed by atoms with Crippen molar-refractivity contribution in [2.45, 2.75) is 31.9 Å². The third kappa shape index (κ3) is 4.22. The van der Waals surface area contributed by atoms with Crippen LogP contribution in [0.2, 0.25) is 0 Å². The molecule has 1 aromatic carbocycles. The predicted octanol–water partition coefficient (Wildman–Crippen LogP) is 3.92. The third-order valence-corrected chi connectivity index (χ3v) is 4.04. The number of rotatable bonds is 6. The number of benzene rings is 1. The van der Waals surface area contributed by atoms with E-state index in [4.69, 9.17) is 5.11 Å². The van der Waals surface area contributed by atoms with E-state index in [2.05, 4.69) is 20.6 Å². The number of halogens is 3. The van der Waals surface area contributed by atoms with Gasteiger partial charge in [-0.05, 0) is 37.5 Å². The van der Waals surface area contributed by atoms with E-state index < -0.39 is 17.7 Å². The van der Waals surface area contributed by atoms with Gasteiger partial charge in [0.05, 0.1) is 11.3 Å². The first-order chi connectivity index (χ1) is 12.2. The van der Waals surface area contributed by atoms with E-state index in [1.54, 1.807) is 6.07 Å². The van der Waals surface area contributed by atoms with Crippen LogP contribution in [-0.2, 0) is 11.0 Å². The fourth-order valence-corrected chi connectivity index (χ4v) is 2.57. The summed E-state index contributed by atoms with van der Waals surface area (Å²) in [6, 6.07) is 5.57. The number of aromatic nitrogens is 2.